The van der Waals surface area contributed by atoms with Crippen molar-refractivity contribution in [2.75, 3.05) is 0 Å². The third kappa shape index (κ3) is 2.82. The zero-order valence-corrected chi connectivity index (χ0v) is 12.3. The van der Waals surface area contributed by atoms with Gasteiger partial charge in [-0.2, -0.15) is 0 Å². The number of carbonyl (C=O) groups excluding carboxylic acids is 2. The van der Waals surface area contributed by atoms with Crippen molar-refractivity contribution in [1.82, 2.24) is 0 Å². The van der Waals surface area contributed by atoms with E-state index in [0.29, 0.717) is 34.7 Å². The summed E-state index contributed by atoms with van der Waals surface area (Å²) in [5.41, 5.74) is 9.30. The van der Waals surface area contributed by atoms with Crippen molar-refractivity contribution in [3.63, 3.8) is 0 Å². The molecule has 2 N–H and O–H groups in total. The lowest BCUT2D eigenvalue weighted by Gasteiger charge is -2.20. The quantitative estimate of drug-likeness (QED) is 0.914. The molecule has 0 radical (unpaired) electrons. The lowest BCUT2D eigenvalue weighted by Crippen LogP contribution is -2.21. The Balaban J connectivity index is 2.40. The molecule has 2 rings (SSSR count). The minimum atomic E-state index is 0.00149. The number of fused-ring (bicyclic) bond motifs is 1. The second-order valence-corrected chi connectivity index (χ2v) is 5.90. The van der Waals surface area contributed by atoms with Crippen LogP contribution in [-0.4, -0.2) is 11.6 Å². The summed E-state index contributed by atoms with van der Waals surface area (Å²) >= 11 is 0. The molecule has 1 aromatic rings. The van der Waals surface area contributed by atoms with E-state index in [4.69, 9.17) is 5.73 Å². The fraction of sp³-hybridized carbons (Fsp3) is 0.412. The van der Waals surface area contributed by atoms with E-state index in [-0.39, 0.29) is 18.0 Å². The standard InChI is InChI=1S/C17H21NO2/c1-10(2)4-7-15(19)17-12-6-5-11(3)8-13(12)16(20)9-14(17)18/h5-6,8,10H,4,7,9,18H2,1-3H3. The molecular weight excluding hydrogens is 250 g/mol. The van der Waals surface area contributed by atoms with Crippen LogP contribution in [0.2, 0.25) is 0 Å². The first-order chi connectivity index (χ1) is 9.40. The molecule has 0 saturated carbocycles. The minimum Gasteiger partial charge on any atom is -0.401 e. The summed E-state index contributed by atoms with van der Waals surface area (Å²) < 4.78 is 0. The third-order valence-corrected chi connectivity index (χ3v) is 3.64. The maximum atomic E-state index is 12.4. The van der Waals surface area contributed by atoms with Crippen LogP contribution >= 0.6 is 0 Å². The molecule has 0 fully saturated rings. The Kier molecular flexibility index (Phi) is 4.07. The van der Waals surface area contributed by atoms with Crippen LogP contribution in [-0.2, 0) is 4.79 Å². The maximum Gasteiger partial charge on any atom is 0.169 e. The van der Waals surface area contributed by atoms with Gasteiger partial charge in [0.05, 0.1) is 6.42 Å². The summed E-state index contributed by atoms with van der Waals surface area (Å²) in [5.74, 6) is 0.527. The van der Waals surface area contributed by atoms with Gasteiger partial charge in [0.25, 0.3) is 0 Å². The minimum absolute atomic E-state index is 0.00149. The van der Waals surface area contributed by atoms with Crippen molar-refractivity contribution in [2.45, 2.75) is 40.0 Å². The van der Waals surface area contributed by atoms with E-state index in [1.54, 1.807) is 0 Å². The van der Waals surface area contributed by atoms with Gasteiger partial charge in [0.2, 0.25) is 0 Å². The highest BCUT2D eigenvalue weighted by Gasteiger charge is 2.27. The van der Waals surface area contributed by atoms with Crippen molar-refractivity contribution in [3.05, 3.63) is 40.6 Å². The summed E-state index contributed by atoms with van der Waals surface area (Å²) in [6.07, 6.45) is 1.47. The fourth-order valence-corrected chi connectivity index (χ4v) is 2.51. The molecule has 106 valence electrons. The van der Waals surface area contributed by atoms with Gasteiger partial charge in [0, 0.05) is 23.3 Å². The van der Waals surface area contributed by atoms with Crippen molar-refractivity contribution in [2.24, 2.45) is 11.7 Å². The molecule has 3 nitrogen and oxygen atoms in total. The molecular formula is C17H21NO2. The Morgan fingerprint density at radius 2 is 2.00 bits per heavy atom. The highest BCUT2D eigenvalue weighted by Crippen LogP contribution is 2.31. The number of ketones is 2. The monoisotopic (exact) mass is 271 g/mol. The molecule has 0 aliphatic heterocycles. The molecule has 1 aliphatic carbocycles. The second-order valence-electron chi connectivity index (χ2n) is 5.90. The van der Waals surface area contributed by atoms with Gasteiger partial charge in [-0.3, -0.25) is 9.59 Å². The van der Waals surface area contributed by atoms with Gasteiger partial charge < -0.3 is 5.73 Å². The smallest absolute Gasteiger partial charge is 0.169 e. The molecule has 0 unspecified atom stereocenters. The van der Waals surface area contributed by atoms with E-state index in [0.717, 1.165) is 12.0 Å². The zero-order valence-electron chi connectivity index (χ0n) is 12.3. The first-order valence-electron chi connectivity index (χ1n) is 7.06. The number of rotatable bonds is 4. The summed E-state index contributed by atoms with van der Waals surface area (Å²) in [4.78, 5) is 24.5. The number of hydrogen-bond acceptors (Lipinski definition) is 3. The number of Topliss-reactive ketones (excluding diaryl/α,β-unsaturated/α-hetero) is 2. The molecule has 20 heavy (non-hydrogen) atoms. The Morgan fingerprint density at radius 1 is 1.30 bits per heavy atom. The molecule has 1 aromatic carbocycles. The summed E-state index contributed by atoms with van der Waals surface area (Å²) in [6, 6.07) is 5.61. The van der Waals surface area contributed by atoms with Gasteiger partial charge in [-0.25, -0.2) is 0 Å². The molecule has 0 aromatic heterocycles. The number of hydrogen-bond donors (Lipinski definition) is 1. The van der Waals surface area contributed by atoms with Crippen LogP contribution in [0.5, 0.6) is 0 Å². The summed E-state index contributed by atoms with van der Waals surface area (Å²) in [7, 11) is 0. The molecule has 0 bridgehead atoms. The van der Waals surface area contributed by atoms with E-state index < -0.39 is 0 Å². The fourth-order valence-electron chi connectivity index (χ4n) is 2.51. The number of nitrogens with two attached hydrogens (primary N) is 1. The van der Waals surface area contributed by atoms with Crippen LogP contribution in [0.15, 0.2) is 23.9 Å². The number of carbonyl (C=O) groups is 2. The normalized spacial score (nSPS) is 14.7. The Morgan fingerprint density at radius 3 is 2.65 bits per heavy atom. The summed E-state index contributed by atoms with van der Waals surface area (Å²) in [6.45, 7) is 6.12. The highest BCUT2D eigenvalue weighted by atomic mass is 16.1. The van der Waals surface area contributed by atoms with E-state index in [2.05, 4.69) is 13.8 Å². The van der Waals surface area contributed by atoms with Gasteiger partial charge in [-0.1, -0.05) is 31.5 Å². The molecule has 3 heteroatoms. The molecule has 1 aliphatic rings. The first-order valence-corrected chi connectivity index (χ1v) is 7.06. The topological polar surface area (TPSA) is 60.2 Å². The molecule has 0 atom stereocenters. The molecule has 0 spiro atoms. The van der Waals surface area contributed by atoms with E-state index in [1.165, 1.54) is 0 Å². The number of benzene rings is 1. The maximum absolute atomic E-state index is 12.4. The van der Waals surface area contributed by atoms with Gasteiger partial charge >= 0.3 is 0 Å². The van der Waals surface area contributed by atoms with Gasteiger partial charge in [0.15, 0.2) is 11.6 Å². The zero-order chi connectivity index (χ0) is 14.9. The SMILES string of the molecule is Cc1ccc2c(c1)C(=O)CC(N)=C2C(=O)CCC(C)C. The Bertz CT molecular complexity index is 597. The summed E-state index contributed by atoms with van der Waals surface area (Å²) in [5, 5.41) is 0. The predicted octanol–water partition coefficient (Wildman–Crippen LogP) is 3.26. The van der Waals surface area contributed by atoms with Gasteiger partial charge in [0.1, 0.15) is 0 Å². The largest absolute Gasteiger partial charge is 0.401 e. The highest BCUT2D eigenvalue weighted by molar-refractivity contribution is 6.26. The van der Waals surface area contributed by atoms with E-state index in [1.807, 2.05) is 25.1 Å². The molecule has 0 heterocycles. The van der Waals surface area contributed by atoms with Crippen LogP contribution in [0.4, 0.5) is 0 Å². The lowest BCUT2D eigenvalue weighted by atomic mass is 9.83. The van der Waals surface area contributed by atoms with E-state index in [9.17, 15) is 9.59 Å². The van der Waals surface area contributed by atoms with Crippen molar-refractivity contribution in [1.29, 1.82) is 0 Å². The van der Waals surface area contributed by atoms with Gasteiger partial charge in [-0.15, -0.1) is 0 Å². The Labute approximate surface area is 119 Å². The Hall–Kier alpha value is -1.90. The van der Waals surface area contributed by atoms with Gasteiger partial charge in [-0.05, 0) is 30.9 Å². The predicted molar refractivity (Wildman–Crippen MR) is 80.3 cm³/mol. The second kappa shape index (κ2) is 5.61. The van der Waals surface area contributed by atoms with Crippen LogP contribution in [0.3, 0.4) is 0 Å². The number of allylic oxidation sites excluding steroid dienone is 2. The average Bonchev–Trinajstić information content (AvgIpc) is 2.37. The van der Waals surface area contributed by atoms with Crippen LogP contribution in [0.1, 0.15) is 54.6 Å². The first kappa shape index (κ1) is 14.5. The van der Waals surface area contributed by atoms with Crippen LogP contribution < -0.4 is 5.73 Å². The average molecular weight is 271 g/mol. The van der Waals surface area contributed by atoms with Crippen LogP contribution in [0.25, 0.3) is 5.57 Å². The number of aryl methyl sites for hydroxylation is 1. The van der Waals surface area contributed by atoms with Crippen LogP contribution in [0, 0.1) is 12.8 Å². The van der Waals surface area contributed by atoms with E-state index >= 15 is 0 Å². The third-order valence-electron chi connectivity index (χ3n) is 3.64. The van der Waals surface area contributed by atoms with Crippen molar-refractivity contribution < 1.29 is 9.59 Å². The molecule has 0 amide bonds. The van der Waals surface area contributed by atoms with Crippen molar-refractivity contribution in [3.8, 4) is 0 Å². The lowest BCUT2D eigenvalue weighted by molar-refractivity contribution is -0.114. The molecule has 0 saturated heterocycles. The van der Waals surface area contributed by atoms with Crippen molar-refractivity contribution >= 4 is 17.1 Å².